The van der Waals surface area contributed by atoms with Crippen molar-refractivity contribution in [1.82, 2.24) is 4.98 Å². The summed E-state index contributed by atoms with van der Waals surface area (Å²) < 4.78 is 5.81. The van der Waals surface area contributed by atoms with Gasteiger partial charge in [0.05, 0.1) is 5.92 Å². The summed E-state index contributed by atoms with van der Waals surface area (Å²) in [6.45, 7) is 4.19. The van der Waals surface area contributed by atoms with Crippen molar-refractivity contribution in [3.63, 3.8) is 0 Å². The molecule has 0 amide bonds. The van der Waals surface area contributed by atoms with E-state index in [1.807, 2.05) is 18.2 Å². The summed E-state index contributed by atoms with van der Waals surface area (Å²) in [6, 6.07) is 5.98. The summed E-state index contributed by atoms with van der Waals surface area (Å²) >= 11 is 0. The van der Waals surface area contributed by atoms with Gasteiger partial charge in [0.25, 0.3) is 0 Å². The van der Waals surface area contributed by atoms with Crippen molar-refractivity contribution < 1.29 is 14.3 Å². The maximum atomic E-state index is 11.4. The summed E-state index contributed by atoms with van der Waals surface area (Å²) in [7, 11) is 0. The number of carbonyl (C=O) groups is 1. The molecule has 1 aliphatic carbocycles. The molecule has 1 heterocycles. The van der Waals surface area contributed by atoms with Crippen LogP contribution in [0.25, 0.3) is 11.1 Å². The molecule has 1 aromatic carbocycles. The van der Waals surface area contributed by atoms with Crippen molar-refractivity contribution in [2.75, 3.05) is 0 Å². The number of aliphatic carboxylic acids is 1. The summed E-state index contributed by atoms with van der Waals surface area (Å²) in [4.78, 5) is 15.9. The predicted octanol–water partition coefficient (Wildman–Crippen LogP) is 3.60. The van der Waals surface area contributed by atoms with Gasteiger partial charge in [-0.2, -0.15) is 0 Å². The summed E-state index contributed by atoms with van der Waals surface area (Å²) in [6.07, 6.45) is 2.50. The molecule has 106 valence electrons. The zero-order chi connectivity index (χ0) is 14.3. The average molecular weight is 273 g/mol. The van der Waals surface area contributed by atoms with Crippen LogP contribution in [-0.2, 0) is 11.2 Å². The van der Waals surface area contributed by atoms with Crippen LogP contribution in [0.2, 0.25) is 0 Å². The molecule has 1 saturated carbocycles. The van der Waals surface area contributed by atoms with Gasteiger partial charge in [-0.1, -0.05) is 19.9 Å². The van der Waals surface area contributed by atoms with Gasteiger partial charge in [0.2, 0.25) is 0 Å². The Kier molecular flexibility index (Phi) is 3.24. The smallest absolute Gasteiger partial charge is 0.307 e. The fourth-order valence-electron chi connectivity index (χ4n) is 3.21. The van der Waals surface area contributed by atoms with Crippen LogP contribution in [0.3, 0.4) is 0 Å². The molecule has 3 rings (SSSR count). The second-order valence-corrected chi connectivity index (χ2v) is 5.84. The summed E-state index contributed by atoms with van der Waals surface area (Å²) in [5, 5.41) is 9.35. The summed E-state index contributed by atoms with van der Waals surface area (Å²) in [5.41, 5.74) is 2.80. The van der Waals surface area contributed by atoms with Crippen LogP contribution in [-0.4, -0.2) is 16.1 Å². The minimum Gasteiger partial charge on any atom is -0.481 e. The van der Waals surface area contributed by atoms with E-state index in [9.17, 15) is 9.90 Å². The highest BCUT2D eigenvalue weighted by molar-refractivity contribution is 5.75. The number of nitrogens with zero attached hydrogens (tertiary/aromatic N) is 1. The summed E-state index contributed by atoms with van der Waals surface area (Å²) in [5.74, 6) is -0.216. The van der Waals surface area contributed by atoms with Gasteiger partial charge in [-0.15, -0.1) is 0 Å². The number of rotatable bonds is 3. The number of hydrogen-bond acceptors (Lipinski definition) is 3. The monoisotopic (exact) mass is 273 g/mol. The molecule has 1 fully saturated rings. The maximum absolute atomic E-state index is 11.4. The molecule has 0 aliphatic heterocycles. The van der Waals surface area contributed by atoms with Gasteiger partial charge >= 0.3 is 5.97 Å². The van der Waals surface area contributed by atoms with E-state index < -0.39 is 5.97 Å². The van der Waals surface area contributed by atoms with Gasteiger partial charge in [0.1, 0.15) is 5.52 Å². The molecule has 20 heavy (non-hydrogen) atoms. The lowest BCUT2D eigenvalue weighted by Crippen LogP contribution is -2.17. The topological polar surface area (TPSA) is 63.3 Å². The van der Waals surface area contributed by atoms with E-state index in [0.29, 0.717) is 18.2 Å². The van der Waals surface area contributed by atoms with Crippen LogP contribution in [0.4, 0.5) is 0 Å². The third kappa shape index (κ3) is 2.19. The number of carboxylic acid groups (broad SMARTS) is 1. The Morgan fingerprint density at radius 1 is 1.45 bits per heavy atom. The SMILES string of the molecule is CCc1ccc2oc(C3CC(C)CC3C(=O)O)nc2c1. The maximum Gasteiger partial charge on any atom is 0.307 e. The van der Waals surface area contributed by atoms with Gasteiger partial charge in [0.15, 0.2) is 11.5 Å². The fraction of sp³-hybridized carbons (Fsp3) is 0.500. The molecule has 0 spiro atoms. The Balaban J connectivity index is 1.99. The van der Waals surface area contributed by atoms with Gasteiger partial charge < -0.3 is 9.52 Å². The molecule has 0 radical (unpaired) electrons. The highest BCUT2D eigenvalue weighted by atomic mass is 16.4. The van der Waals surface area contributed by atoms with Gasteiger partial charge in [-0.25, -0.2) is 4.98 Å². The van der Waals surface area contributed by atoms with Crippen LogP contribution >= 0.6 is 0 Å². The van der Waals surface area contributed by atoms with E-state index >= 15 is 0 Å². The van der Waals surface area contributed by atoms with Crippen LogP contribution in [0.15, 0.2) is 22.6 Å². The first kappa shape index (κ1) is 13.2. The molecule has 1 aromatic heterocycles. The van der Waals surface area contributed by atoms with Crippen molar-refractivity contribution in [2.24, 2.45) is 11.8 Å². The Hall–Kier alpha value is -1.84. The molecular weight excluding hydrogens is 254 g/mol. The lowest BCUT2D eigenvalue weighted by molar-refractivity contribution is -0.142. The first-order valence-corrected chi connectivity index (χ1v) is 7.20. The number of aryl methyl sites for hydroxylation is 1. The van der Waals surface area contributed by atoms with Crippen molar-refractivity contribution in [3.8, 4) is 0 Å². The van der Waals surface area contributed by atoms with Gasteiger partial charge in [-0.05, 0) is 42.9 Å². The molecule has 1 N–H and O–H groups in total. The highest BCUT2D eigenvalue weighted by Gasteiger charge is 2.40. The second kappa shape index (κ2) is 4.93. The van der Waals surface area contributed by atoms with Crippen molar-refractivity contribution in [1.29, 1.82) is 0 Å². The normalized spacial score (nSPS) is 26.2. The average Bonchev–Trinajstić information content (AvgIpc) is 3.00. The van der Waals surface area contributed by atoms with E-state index in [1.54, 1.807) is 0 Å². The molecule has 2 aromatic rings. The van der Waals surface area contributed by atoms with Crippen molar-refractivity contribution >= 4 is 17.1 Å². The molecule has 0 bridgehead atoms. The molecule has 0 saturated heterocycles. The quantitative estimate of drug-likeness (QED) is 0.928. The van der Waals surface area contributed by atoms with Crippen LogP contribution in [0.1, 0.15) is 44.1 Å². The second-order valence-electron chi connectivity index (χ2n) is 5.84. The fourth-order valence-corrected chi connectivity index (χ4v) is 3.21. The van der Waals surface area contributed by atoms with E-state index in [4.69, 9.17) is 4.42 Å². The van der Waals surface area contributed by atoms with Crippen molar-refractivity contribution in [3.05, 3.63) is 29.7 Å². The molecule has 4 nitrogen and oxygen atoms in total. The van der Waals surface area contributed by atoms with E-state index in [1.165, 1.54) is 5.56 Å². The number of aromatic nitrogens is 1. The Labute approximate surface area is 117 Å². The minimum atomic E-state index is -0.740. The molecular formula is C16H19NO3. The zero-order valence-electron chi connectivity index (χ0n) is 11.8. The Morgan fingerprint density at radius 3 is 2.95 bits per heavy atom. The number of hydrogen-bond donors (Lipinski definition) is 1. The molecule has 4 heteroatoms. The minimum absolute atomic E-state index is 0.0972. The molecule has 3 atom stereocenters. The largest absolute Gasteiger partial charge is 0.481 e. The first-order valence-electron chi connectivity index (χ1n) is 7.20. The van der Waals surface area contributed by atoms with Crippen LogP contribution < -0.4 is 0 Å². The Bertz CT molecular complexity index is 646. The van der Waals surface area contributed by atoms with Crippen LogP contribution in [0.5, 0.6) is 0 Å². The predicted molar refractivity (Wildman–Crippen MR) is 75.7 cm³/mol. The number of carboxylic acids is 1. The molecule has 1 aliphatic rings. The van der Waals surface area contributed by atoms with Crippen molar-refractivity contribution in [2.45, 2.75) is 39.0 Å². The standard InChI is InChI=1S/C16H19NO3/c1-3-10-4-5-14-13(8-10)17-15(20-14)11-6-9(2)7-12(11)16(18)19/h4-5,8-9,11-12H,3,6-7H2,1-2H3,(H,18,19). The lowest BCUT2D eigenvalue weighted by Gasteiger charge is -2.10. The van der Waals surface area contributed by atoms with E-state index in [0.717, 1.165) is 23.9 Å². The molecule has 3 unspecified atom stereocenters. The first-order chi connectivity index (χ1) is 9.58. The lowest BCUT2D eigenvalue weighted by atomic mass is 9.96. The number of benzene rings is 1. The number of fused-ring (bicyclic) bond motifs is 1. The van der Waals surface area contributed by atoms with E-state index in [-0.39, 0.29) is 11.8 Å². The third-order valence-corrected chi connectivity index (χ3v) is 4.31. The zero-order valence-corrected chi connectivity index (χ0v) is 11.8. The van der Waals surface area contributed by atoms with Gasteiger partial charge in [-0.3, -0.25) is 4.79 Å². The van der Waals surface area contributed by atoms with E-state index in [2.05, 4.69) is 18.8 Å². The highest BCUT2D eigenvalue weighted by Crippen LogP contribution is 2.43. The Morgan fingerprint density at radius 2 is 2.25 bits per heavy atom. The third-order valence-electron chi connectivity index (χ3n) is 4.31. The van der Waals surface area contributed by atoms with Gasteiger partial charge in [0, 0.05) is 5.92 Å². The van der Waals surface area contributed by atoms with Crippen LogP contribution in [0, 0.1) is 11.8 Å². The number of oxazole rings is 1.